The number of phenols is 1. The van der Waals surface area contributed by atoms with Crippen molar-refractivity contribution in [2.75, 3.05) is 0 Å². The number of rotatable bonds is 4. The molecule has 0 saturated carbocycles. The van der Waals surface area contributed by atoms with E-state index in [-0.39, 0.29) is 5.60 Å². The van der Waals surface area contributed by atoms with Gasteiger partial charge in [-0.05, 0) is 38.7 Å². The van der Waals surface area contributed by atoms with E-state index in [0.29, 0.717) is 18.2 Å². The topological polar surface area (TPSA) is 47.3 Å². The molecule has 0 unspecified atom stereocenters. The smallest absolute Gasteiger partial charge is 0.129 e. The van der Waals surface area contributed by atoms with Gasteiger partial charge in [-0.15, -0.1) is 0 Å². The number of aromatic hydroxyl groups is 1. The molecule has 3 rings (SSSR count). The molecule has 23 heavy (non-hydrogen) atoms. The number of aromatic nitrogens is 2. The molecule has 4 nitrogen and oxygen atoms in total. The van der Waals surface area contributed by atoms with Gasteiger partial charge in [0.1, 0.15) is 17.1 Å². The molecular formula is C19H26N2O2. The first-order valence-corrected chi connectivity index (χ1v) is 8.29. The van der Waals surface area contributed by atoms with E-state index in [1.54, 1.807) is 12.5 Å². The van der Waals surface area contributed by atoms with Crippen LogP contribution in [0.25, 0.3) is 0 Å². The van der Waals surface area contributed by atoms with E-state index < -0.39 is 0 Å². The molecule has 1 aromatic carbocycles. The lowest BCUT2D eigenvalue weighted by atomic mass is 9.88. The van der Waals surface area contributed by atoms with Crippen molar-refractivity contribution >= 4 is 0 Å². The molecule has 0 bridgehead atoms. The van der Waals surface area contributed by atoms with Gasteiger partial charge in [0.25, 0.3) is 0 Å². The SMILES string of the molecule is Cc1c(O)c(CC(C)C)c2c(c1Cn1ccnc1)OC(C)(C)C2. The first-order chi connectivity index (χ1) is 10.8. The zero-order chi connectivity index (χ0) is 16.8. The van der Waals surface area contributed by atoms with Crippen LogP contribution in [0.4, 0.5) is 0 Å². The van der Waals surface area contributed by atoms with Crippen molar-refractivity contribution in [3.63, 3.8) is 0 Å². The summed E-state index contributed by atoms with van der Waals surface area (Å²) in [6, 6.07) is 0. The van der Waals surface area contributed by atoms with Gasteiger partial charge < -0.3 is 14.4 Å². The normalized spacial score (nSPS) is 15.7. The molecule has 0 fully saturated rings. The summed E-state index contributed by atoms with van der Waals surface area (Å²) < 4.78 is 8.30. The third-order valence-corrected chi connectivity index (χ3v) is 4.50. The molecule has 1 aliphatic rings. The van der Waals surface area contributed by atoms with Crippen LogP contribution in [0.15, 0.2) is 18.7 Å². The van der Waals surface area contributed by atoms with Crippen LogP contribution in [0, 0.1) is 12.8 Å². The Morgan fingerprint density at radius 1 is 1.35 bits per heavy atom. The highest BCUT2D eigenvalue weighted by molar-refractivity contribution is 5.60. The summed E-state index contributed by atoms with van der Waals surface area (Å²) in [6.45, 7) is 11.2. The Labute approximate surface area is 138 Å². The largest absolute Gasteiger partial charge is 0.507 e. The molecular weight excluding hydrogens is 288 g/mol. The van der Waals surface area contributed by atoms with Crippen molar-refractivity contribution in [3.8, 4) is 11.5 Å². The molecule has 0 spiro atoms. The summed E-state index contributed by atoms with van der Waals surface area (Å²) in [5, 5.41) is 10.8. The molecule has 1 N–H and O–H groups in total. The summed E-state index contributed by atoms with van der Waals surface area (Å²) in [6.07, 6.45) is 7.22. The molecule has 0 amide bonds. The number of imidazole rings is 1. The Hall–Kier alpha value is -1.97. The lowest BCUT2D eigenvalue weighted by Crippen LogP contribution is -2.25. The number of hydrogen-bond donors (Lipinski definition) is 1. The van der Waals surface area contributed by atoms with Gasteiger partial charge >= 0.3 is 0 Å². The summed E-state index contributed by atoms with van der Waals surface area (Å²) in [5.74, 6) is 1.90. The number of benzene rings is 1. The lowest BCUT2D eigenvalue weighted by molar-refractivity contribution is 0.137. The molecule has 0 atom stereocenters. The number of nitrogens with zero attached hydrogens (tertiary/aromatic N) is 2. The average Bonchev–Trinajstić information content (AvgIpc) is 3.06. The van der Waals surface area contributed by atoms with Crippen molar-refractivity contribution in [2.45, 2.75) is 59.6 Å². The van der Waals surface area contributed by atoms with Gasteiger partial charge in [-0.3, -0.25) is 0 Å². The van der Waals surface area contributed by atoms with E-state index in [2.05, 4.69) is 32.7 Å². The van der Waals surface area contributed by atoms with Crippen LogP contribution < -0.4 is 4.74 Å². The minimum Gasteiger partial charge on any atom is -0.507 e. The highest BCUT2D eigenvalue weighted by Gasteiger charge is 2.36. The summed E-state index contributed by atoms with van der Waals surface area (Å²) >= 11 is 0. The molecule has 124 valence electrons. The molecule has 2 aromatic rings. The second kappa shape index (κ2) is 5.59. The van der Waals surface area contributed by atoms with Crippen LogP contribution in [0.1, 0.15) is 49.9 Å². The van der Waals surface area contributed by atoms with Crippen molar-refractivity contribution in [3.05, 3.63) is 41.0 Å². The highest BCUT2D eigenvalue weighted by Crippen LogP contribution is 2.46. The maximum Gasteiger partial charge on any atom is 0.129 e. The Morgan fingerprint density at radius 3 is 2.70 bits per heavy atom. The fourth-order valence-electron chi connectivity index (χ4n) is 3.43. The number of phenolic OH excluding ortho intramolecular Hbond substituents is 1. The average molecular weight is 314 g/mol. The van der Waals surface area contributed by atoms with E-state index in [1.807, 2.05) is 17.7 Å². The molecule has 0 radical (unpaired) electrons. The van der Waals surface area contributed by atoms with E-state index in [1.165, 1.54) is 5.56 Å². The minimum atomic E-state index is -0.224. The van der Waals surface area contributed by atoms with Gasteiger partial charge in [-0.25, -0.2) is 4.98 Å². The molecule has 2 heterocycles. The highest BCUT2D eigenvalue weighted by atomic mass is 16.5. The fourth-order valence-corrected chi connectivity index (χ4v) is 3.43. The van der Waals surface area contributed by atoms with E-state index in [4.69, 9.17) is 4.74 Å². The van der Waals surface area contributed by atoms with Crippen molar-refractivity contribution in [1.82, 2.24) is 9.55 Å². The third kappa shape index (κ3) is 2.94. The van der Waals surface area contributed by atoms with Crippen LogP contribution >= 0.6 is 0 Å². The summed E-state index contributed by atoms with van der Waals surface area (Å²) in [4.78, 5) is 4.11. The van der Waals surface area contributed by atoms with Crippen LogP contribution in [0.5, 0.6) is 11.5 Å². The van der Waals surface area contributed by atoms with E-state index in [0.717, 1.165) is 35.3 Å². The molecule has 4 heteroatoms. The van der Waals surface area contributed by atoms with Crippen molar-refractivity contribution < 1.29 is 9.84 Å². The van der Waals surface area contributed by atoms with Gasteiger partial charge in [0, 0.05) is 35.5 Å². The van der Waals surface area contributed by atoms with Gasteiger partial charge in [0.15, 0.2) is 0 Å². The Kier molecular flexibility index (Phi) is 3.86. The summed E-state index contributed by atoms with van der Waals surface area (Å²) in [7, 11) is 0. The van der Waals surface area contributed by atoms with Gasteiger partial charge in [-0.1, -0.05) is 13.8 Å². The number of fused-ring (bicyclic) bond motifs is 1. The second-order valence-corrected chi connectivity index (χ2v) is 7.61. The monoisotopic (exact) mass is 314 g/mol. The summed E-state index contributed by atoms with van der Waals surface area (Å²) in [5.41, 5.74) is 4.01. The van der Waals surface area contributed by atoms with Gasteiger partial charge in [0.2, 0.25) is 0 Å². The maximum atomic E-state index is 10.8. The predicted molar refractivity (Wildman–Crippen MR) is 91.1 cm³/mol. The number of hydrogen-bond acceptors (Lipinski definition) is 3. The minimum absolute atomic E-state index is 0.224. The fraction of sp³-hybridized carbons (Fsp3) is 0.526. The molecule has 0 saturated heterocycles. The standard InChI is InChI=1S/C19H26N2O2/c1-12(2)8-14-15-9-19(4,5)23-18(15)16(13(3)17(14)22)10-21-7-6-20-11-21/h6-7,11-12,22H,8-10H2,1-5H3. The van der Waals surface area contributed by atoms with Gasteiger partial charge in [0.05, 0.1) is 12.9 Å². The van der Waals surface area contributed by atoms with E-state index in [9.17, 15) is 5.11 Å². The molecule has 1 aliphatic heterocycles. The lowest BCUT2D eigenvalue weighted by Gasteiger charge is -2.20. The molecule has 0 aliphatic carbocycles. The van der Waals surface area contributed by atoms with E-state index >= 15 is 0 Å². The van der Waals surface area contributed by atoms with Crippen LogP contribution in [0.2, 0.25) is 0 Å². The quantitative estimate of drug-likeness (QED) is 0.932. The zero-order valence-corrected chi connectivity index (χ0v) is 14.7. The third-order valence-electron chi connectivity index (χ3n) is 4.50. The van der Waals surface area contributed by atoms with Crippen LogP contribution in [-0.4, -0.2) is 20.3 Å². The first kappa shape index (κ1) is 15.9. The Bertz CT molecular complexity index is 716. The van der Waals surface area contributed by atoms with Crippen LogP contribution in [0.3, 0.4) is 0 Å². The second-order valence-electron chi connectivity index (χ2n) is 7.61. The Balaban J connectivity index is 2.15. The first-order valence-electron chi connectivity index (χ1n) is 8.29. The predicted octanol–water partition coefficient (Wildman–Crippen LogP) is 3.86. The van der Waals surface area contributed by atoms with Crippen molar-refractivity contribution in [1.29, 1.82) is 0 Å². The Morgan fingerprint density at radius 2 is 2.09 bits per heavy atom. The van der Waals surface area contributed by atoms with Crippen LogP contribution in [-0.2, 0) is 19.4 Å². The number of ether oxygens (including phenoxy) is 1. The van der Waals surface area contributed by atoms with Gasteiger partial charge in [-0.2, -0.15) is 0 Å². The maximum absolute atomic E-state index is 10.8. The molecule has 1 aromatic heterocycles. The van der Waals surface area contributed by atoms with Crippen molar-refractivity contribution in [2.24, 2.45) is 5.92 Å². The zero-order valence-electron chi connectivity index (χ0n) is 14.7.